The van der Waals surface area contributed by atoms with Gasteiger partial charge in [0.2, 0.25) is 21.8 Å². The average Bonchev–Trinajstić information content (AvgIpc) is 2.75. The number of amides is 2. The molecule has 0 bridgehead atoms. The number of anilines is 1. The van der Waals surface area contributed by atoms with Crippen molar-refractivity contribution in [2.45, 2.75) is 33.4 Å². The van der Waals surface area contributed by atoms with Gasteiger partial charge in [-0.3, -0.25) is 13.9 Å². The van der Waals surface area contributed by atoms with Crippen LogP contribution in [0, 0.1) is 11.7 Å². The second-order valence-corrected chi connectivity index (χ2v) is 11.1. The van der Waals surface area contributed by atoms with Crippen LogP contribution in [0.1, 0.15) is 26.3 Å². The molecule has 0 heterocycles. The fourth-order valence-corrected chi connectivity index (χ4v) is 4.38. The maximum Gasteiger partial charge on any atom is 0.244 e. The summed E-state index contributed by atoms with van der Waals surface area (Å²) in [5.41, 5.74) is 0.619. The van der Waals surface area contributed by atoms with E-state index < -0.39 is 40.2 Å². The van der Waals surface area contributed by atoms with Crippen molar-refractivity contribution in [1.82, 2.24) is 10.2 Å². The zero-order chi connectivity index (χ0) is 25.6. The third-order valence-corrected chi connectivity index (χ3v) is 6.66. The van der Waals surface area contributed by atoms with Crippen molar-refractivity contribution in [2.24, 2.45) is 5.92 Å². The van der Waals surface area contributed by atoms with Crippen LogP contribution in [0.4, 0.5) is 10.1 Å². The zero-order valence-electron chi connectivity index (χ0n) is 19.4. The maximum atomic E-state index is 13.4. The summed E-state index contributed by atoms with van der Waals surface area (Å²) >= 11 is 12.2. The predicted octanol–water partition coefficient (Wildman–Crippen LogP) is 4.09. The number of rotatable bonds is 10. The first-order valence-electron chi connectivity index (χ1n) is 10.5. The van der Waals surface area contributed by atoms with Crippen LogP contribution in [-0.2, 0) is 26.2 Å². The number of hydrogen-bond acceptors (Lipinski definition) is 4. The third kappa shape index (κ3) is 7.85. The summed E-state index contributed by atoms with van der Waals surface area (Å²) in [6.45, 7) is 5.19. The smallest absolute Gasteiger partial charge is 0.244 e. The molecule has 186 valence electrons. The van der Waals surface area contributed by atoms with E-state index in [2.05, 4.69) is 5.32 Å². The van der Waals surface area contributed by atoms with Gasteiger partial charge in [0, 0.05) is 18.1 Å². The van der Waals surface area contributed by atoms with Gasteiger partial charge in [0.15, 0.2) is 0 Å². The lowest BCUT2D eigenvalue weighted by Gasteiger charge is -2.32. The molecule has 0 aromatic heterocycles. The molecular formula is C23H28Cl2FN3O4S. The van der Waals surface area contributed by atoms with Gasteiger partial charge in [-0.15, -0.1) is 0 Å². The molecule has 0 saturated carbocycles. The summed E-state index contributed by atoms with van der Waals surface area (Å²) in [4.78, 5) is 27.4. The van der Waals surface area contributed by atoms with Gasteiger partial charge < -0.3 is 10.2 Å². The van der Waals surface area contributed by atoms with Crippen LogP contribution in [0.5, 0.6) is 0 Å². The lowest BCUT2D eigenvalue weighted by Crippen LogP contribution is -2.51. The molecule has 2 aromatic carbocycles. The predicted molar refractivity (Wildman–Crippen MR) is 133 cm³/mol. The van der Waals surface area contributed by atoms with E-state index in [1.807, 2.05) is 13.8 Å². The van der Waals surface area contributed by atoms with E-state index in [-0.39, 0.29) is 28.2 Å². The van der Waals surface area contributed by atoms with Crippen LogP contribution in [0.2, 0.25) is 10.0 Å². The van der Waals surface area contributed by atoms with Crippen LogP contribution in [0.3, 0.4) is 0 Å². The summed E-state index contributed by atoms with van der Waals surface area (Å²) in [7, 11) is -3.94. The van der Waals surface area contributed by atoms with Gasteiger partial charge in [0.1, 0.15) is 18.4 Å². The second kappa shape index (κ2) is 11.9. The fraction of sp³-hybridized carbons (Fsp3) is 0.391. The lowest BCUT2D eigenvalue weighted by atomic mass is 10.1. The normalized spacial score (nSPS) is 12.4. The van der Waals surface area contributed by atoms with Gasteiger partial charge in [0.05, 0.1) is 17.0 Å². The molecule has 0 unspecified atom stereocenters. The van der Waals surface area contributed by atoms with Crippen LogP contribution in [-0.4, -0.2) is 50.5 Å². The quantitative estimate of drug-likeness (QED) is 0.500. The van der Waals surface area contributed by atoms with Crippen LogP contribution in [0.25, 0.3) is 0 Å². The lowest BCUT2D eigenvalue weighted by molar-refractivity contribution is -0.139. The first-order valence-corrected chi connectivity index (χ1v) is 13.1. The Morgan fingerprint density at radius 3 is 2.24 bits per heavy atom. The number of carbonyl (C=O) groups is 2. The number of benzene rings is 2. The largest absolute Gasteiger partial charge is 0.354 e. The number of hydrogen-bond donors (Lipinski definition) is 1. The minimum atomic E-state index is -3.94. The van der Waals surface area contributed by atoms with Gasteiger partial charge in [-0.1, -0.05) is 49.2 Å². The number of halogens is 3. The van der Waals surface area contributed by atoms with Gasteiger partial charge in [-0.05, 0) is 48.7 Å². The number of nitrogens with one attached hydrogen (secondary N) is 1. The number of nitrogens with zero attached hydrogens (tertiary/aromatic N) is 2. The Hall–Kier alpha value is -2.36. The minimum absolute atomic E-state index is 0.0315. The highest BCUT2D eigenvalue weighted by Gasteiger charge is 2.31. The highest BCUT2D eigenvalue weighted by Crippen LogP contribution is 2.30. The molecule has 2 rings (SSSR count). The molecule has 0 fully saturated rings. The molecule has 34 heavy (non-hydrogen) atoms. The molecule has 0 aliphatic carbocycles. The number of carbonyl (C=O) groups excluding carboxylic acids is 2. The monoisotopic (exact) mass is 531 g/mol. The van der Waals surface area contributed by atoms with Crippen molar-refractivity contribution in [3.05, 3.63) is 63.9 Å². The van der Waals surface area contributed by atoms with Gasteiger partial charge in [-0.2, -0.15) is 0 Å². The second-order valence-electron chi connectivity index (χ2n) is 8.33. The highest BCUT2D eigenvalue weighted by molar-refractivity contribution is 7.92. The van der Waals surface area contributed by atoms with E-state index in [0.717, 1.165) is 10.6 Å². The van der Waals surface area contributed by atoms with E-state index in [1.54, 1.807) is 6.92 Å². The van der Waals surface area contributed by atoms with Crippen molar-refractivity contribution < 1.29 is 22.4 Å². The topological polar surface area (TPSA) is 86.8 Å². The van der Waals surface area contributed by atoms with Crippen molar-refractivity contribution in [2.75, 3.05) is 23.7 Å². The molecule has 0 radical (unpaired) electrons. The molecule has 0 aliphatic rings. The molecule has 1 N–H and O–H groups in total. The summed E-state index contributed by atoms with van der Waals surface area (Å²) < 4.78 is 39.3. The molecule has 11 heteroatoms. The van der Waals surface area contributed by atoms with E-state index in [0.29, 0.717) is 12.1 Å². The Labute approximate surface area is 209 Å². The third-order valence-electron chi connectivity index (χ3n) is 4.97. The first kappa shape index (κ1) is 27.9. The van der Waals surface area contributed by atoms with E-state index >= 15 is 0 Å². The minimum Gasteiger partial charge on any atom is -0.354 e. The molecule has 0 spiro atoms. The zero-order valence-corrected chi connectivity index (χ0v) is 21.7. The molecule has 2 amide bonds. The Balaban J connectivity index is 2.40. The summed E-state index contributed by atoms with van der Waals surface area (Å²) in [5, 5.41) is 3.11. The van der Waals surface area contributed by atoms with E-state index in [4.69, 9.17) is 23.2 Å². The highest BCUT2D eigenvalue weighted by atomic mass is 35.5. The molecule has 7 nitrogen and oxygen atoms in total. The number of sulfonamides is 1. The Bertz CT molecular complexity index is 1130. The van der Waals surface area contributed by atoms with Gasteiger partial charge in [0.25, 0.3) is 0 Å². The van der Waals surface area contributed by atoms with E-state index in [1.165, 1.54) is 47.4 Å². The summed E-state index contributed by atoms with van der Waals surface area (Å²) in [6.07, 6.45) is 0.945. The van der Waals surface area contributed by atoms with E-state index in [9.17, 15) is 22.4 Å². The van der Waals surface area contributed by atoms with Crippen LogP contribution in [0.15, 0.2) is 42.5 Å². The van der Waals surface area contributed by atoms with Gasteiger partial charge in [-0.25, -0.2) is 12.8 Å². The Kier molecular flexibility index (Phi) is 9.73. The maximum absolute atomic E-state index is 13.4. The van der Waals surface area contributed by atoms with Gasteiger partial charge >= 0.3 is 0 Å². The first-order chi connectivity index (χ1) is 15.8. The molecule has 2 aromatic rings. The average molecular weight is 532 g/mol. The standard InChI is InChI=1S/C23H28Cl2FN3O4S/c1-15(2)12-27-23(31)16(3)28(13-17-5-8-19(26)9-6-17)22(30)14-29(34(4,32)33)21-11-18(24)7-10-20(21)25/h5-11,15-16H,12-14H2,1-4H3,(H,27,31)/t16-/m0/s1. The van der Waals surface area contributed by atoms with Crippen LogP contribution < -0.4 is 9.62 Å². The van der Waals surface area contributed by atoms with Crippen molar-refractivity contribution in [1.29, 1.82) is 0 Å². The fourth-order valence-electron chi connectivity index (χ4n) is 3.09. The molecule has 0 saturated heterocycles. The molecule has 1 atom stereocenters. The SMILES string of the molecule is CC(C)CNC(=O)[C@H](C)N(Cc1ccc(F)cc1)C(=O)CN(c1cc(Cl)ccc1Cl)S(C)(=O)=O. The summed E-state index contributed by atoms with van der Waals surface area (Å²) in [5.74, 6) is -1.28. The van der Waals surface area contributed by atoms with Crippen molar-refractivity contribution in [3.63, 3.8) is 0 Å². The Morgan fingerprint density at radius 1 is 1.06 bits per heavy atom. The van der Waals surface area contributed by atoms with Crippen molar-refractivity contribution in [3.8, 4) is 0 Å². The molecule has 0 aliphatic heterocycles. The van der Waals surface area contributed by atoms with Crippen molar-refractivity contribution >= 4 is 50.7 Å². The Morgan fingerprint density at radius 2 is 1.68 bits per heavy atom. The van der Waals surface area contributed by atoms with Crippen LogP contribution >= 0.6 is 23.2 Å². The molecular weight excluding hydrogens is 504 g/mol. The summed E-state index contributed by atoms with van der Waals surface area (Å²) in [6, 6.07) is 8.84.